The van der Waals surface area contributed by atoms with Gasteiger partial charge in [0.15, 0.2) is 0 Å². The highest BCUT2D eigenvalue weighted by molar-refractivity contribution is 6.00. The molecule has 0 saturated heterocycles. The number of hydrogen-bond acceptors (Lipinski definition) is 5. The number of carbonyl (C=O) groups excluding carboxylic acids is 1. The predicted molar refractivity (Wildman–Crippen MR) is 57.1 cm³/mol. The fourth-order valence-electron chi connectivity index (χ4n) is 1.23. The summed E-state index contributed by atoms with van der Waals surface area (Å²) in [6, 6.07) is 1.28. The van der Waals surface area contributed by atoms with Crippen LogP contribution >= 0.6 is 0 Å². The van der Waals surface area contributed by atoms with Crippen molar-refractivity contribution in [2.45, 2.75) is 12.8 Å². The van der Waals surface area contributed by atoms with E-state index in [0.29, 0.717) is 13.0 Å². The van der Waals surface area contributed by atoms with Gasteiger partial charge in [-0.3, -0.25) is 0 Å². The van der Waals surface area contributed by atoms with Crippen LogP contribution in [0.1, 0.15) is 33.8 Å². The topological polar surface area (TPSA) is 86.0 Å². The molecule has 0 radical (unpaired) electrons. The molecule has 6 nitrogen and oxygen atoms in total. The molecule has 0 aliphatic carbocycles. The Labute approximate surface area is 98.1 Å². The van der Waals surface area contributed by atoms with Crippen LogP contribution in [0.4, 0.5) is 0 Å². The average Bonchev–Trinajstić information content (AvgIpc) is 2.77. The Hall–Kier alpha value is -1.82. The van der Waals surface area contributed by atoms with Crippen LogP contribution in [0, 0.1) is 0 Å². The maximum Gasteiger partial charge on any atom is 0.372 e. The van der Waals surface area contributed by atoms with Crippen molar-refractivity contribution in [3.63, 3.8) is 0 Å². The van der Waals surface area contributed by atoms with E-state index in [9.17, 15) is 9.59 Å². The molecule has 0 aromatic carbocycles. The van der Waals surface area contributed by atoms with Crippen molar-refractivity contribution in [1.82, 2.24) is 0 Å². The summed E-state index contributed by atoms with van der Waals surface area (Å²) >= 11 is 0. The number of aromatic carboxylic acids is 1. The summed E-state index contributed by atoms with van der Waals surface area (Å²) in [6.45, 7) is 0.829. The number of methoxy groups -OCH3 is 1. The number of furan rings is 1. The summed E-state index contributed by atoms with van der Waals surface area (Å²) in [7, 11) is 1.59. The van der Waals surface area contributed by atoms with E-state index in [1.165, 1.54) is 6.07 Å². The number of carboxylic acids is 1. The molecule has 1 aromatic rings. The Morgan fingerprint density at radius 2 is 2.06 bits per heavy atom. The SMILES string of the molecule is COCCCCOC(=O)c1ccoc1C(=O)O. The molecule has 0 amide bonds. The molecule has 1 N–H and O–H groups in total. The Morgan fingerprint density at radius 3 is 2.71 bits per heavy atom. The molecule has 94 valence electrons. The second kappa shape index (κ2) is 6.70. The van der Waals surface area contributed by atoms with Crippen molar-refractivity contribution < 1.29 is 28.6 Å². The quantitative estimate of drug-likeness (QED) is 0.576. The third-order valence-electron chi connectivity index (χ3n) is 2.06. The van der Waals surface area contributed by atoms with Crippen molar-refractivity contribution in [1.29, 1.82) is 0 Å². The first-order valence-electron chi connectivity index (χ1n) is 5.13. The highest BCUT2D eigenvalue weighted by Gasteiger charge is 2.21. The Morgan fingerprint density at radius 1 is 1.35 bits per heavy atom. The lowest BCUT2D eigenvalue weighted by Gasteiger charge is -2.03. The number of unbranched alkanes of at least 4 members (excludes halogenated alkanes) is 1. The molecule has 0 aliphatic rings. The standard InChI is InChI=1S/C11H14O6/c1-15-5-2-3-6-17-11(14)8-4-7-16-9(8)10(12)13/h4,7H,2-3,5-6H2,1H3,(H,12,13). The molecule has 17 heavy (non-hydrogen) atoms. The summed E-state index contributed by atoms with van der Waals surface area (Å²) in [4.78, 5) is 22.2. The summed E-state index contributed by atoms with van der Waals surface area (Å²) in [6.07, 6.45) is 2.59. The summed E-state index contributed by atoms with van der Waals surface area (Å²) < 4.78 is 14.4. The van der Waals surface area contributed by atoms with E-state index in [-0.39, 0.29) is 12.2 Å². The van der Waals surface area contributed by atoms with E-state index >= 15 is 0 Å². The van der Waals surface area contributed by atoms with Gasteiger partial charge in [0.05, 0.1) is 12.9 Å². The van der Waals surface area contributed by atoms with Gasteiger partial charge in [0.2, 0.25) is 5.76 Å². The highest BCUT2D eigenvalue weighted by Crippen LogP contribution is 2.12. The van der Waals surface area contributed by atoms with Gasteiger partial charge in [0, 0.05) is 13.7 Å². The van der Waals surface area contributed by atoms with Crippen LogP contribution in [-0.4, -0.2) is 37.4 Å². The molecule has 1 heterocycles. The molecule has 6 heteroatoms. The van der Waals surface area contributed by atoms with E-state index in [1.807, 2.05) is 0 Å². The van der Waals surface area contributed by atoms with E-state index < -0.39 is 17.7 Å². The normalized spacial score (nSPS) is 10.2. The molecular formula is C11H14O6. The van der Waals surface area contributed by atoms with Crippen molar-refractivity contribution in [3.05, 3.63) is 23.7 Å². The van der Waals surface area contributed by atoms with Gasteiger partial charge >= 0.3 is 11.9 Å². The molecule has 0 aliphatic heterocycles. The summed E-state index contributed by atoms with van der Waals surface area (Å²) in [5.41, 5.74) is -0.0655. The zero-order chi connectivity index (χ0) is 12.7. The van der Waals surface area contributed by atoms with Gasteiger partial charge in [0.1, 0.15) is 5.56 Å². The third kappa shape index (κ3) is 3.92. The number of esters is 1. The van der Waals surface area contributed by atoms with Gasteiger partial charge in [-0.1, -0.05) is 0 Å². The molecule has 0 atom stereocenters. The van der Waals surface area contributed by atoms with Gasteiger partial charge in [0.25, 0.3) is 0 Å². The molecule has 0 bridgehead atoms. The van der Waals surface area contributed by atoms with E-state index in [0.717, 1.165) is 12.7 Å². The Balaban J connectivity index is 2.42. The summed E-state index contributed by atoms with van der Waals surface area (Å²) in [5, 5.41) is 8.73. The van der Waals surface area contributed by atoms with Gasteiger partial charge in [-0.25, -0.2) is 9.59 Å². The second-order valence-electron chi connectivity index (χ2n) is 3.30. The zero-order valence-electron chi connectivity index (χ0n) is 9.47. The number of rotatable bonds is 7. The van der Waals surface area contributed by atoms with Crippen molar-refractivity contribution in [3.8, 4) is 0 Å². The number of hydrogen-bond donors (Lipinski definition) is 1. The van der Waals surface area contributed by atoms with Crippen molar-refractivity contribution in [2.24, 2.45) is 0 Å². The average molecular weight is 242 g/mol. The molecule has 1 rings (SSSR count). The van der Waals surface area contributed by atoms with Crippen LogP contribution in [0.3, 0.4) is 0 Å². The first-order valence-corrected chi connectivity index (χ1v) is 5.13. The number of carbonyl (C=O) groups is 2. The van der Waals surface area contributed by atoms with Gasteiger partial charge in [-0.15, -0.1) is 0 Å². The fraction of sp³-hybridized carbons (Fsp3) is 0.455. The molecule has 0 saturated carbocycles. The number of carboxylic acid groups (broad SMARTS) is 1. The number of ether oxygens (including phenoxy) is 2. The van der Waals surface area contributed by atoms with Crippen LogP contribution in [0.15, 0.2) is 16.7 Å². The van der Waals surface area contributed by atoms with Gasteiger partial charge in [-0.05, 0) is 18.9 Å². The Kier molecular flexibility index (Phi) is 5.22. The molecule has 1 aromatic heterocycles. The second-order valence-corrected chi connectivity index (χ2v) is 3.30. The minimum atomic E-state index is -1.29. The van der Waals surface area contributed by atoms with Crippen molar-refractivity contribution in [2.75, 3.05) is 20.3 Å². The van der Waals surface area contributed by atoms with Crippen LogP contribution in [0.25, 0.3) is 0 Å². The van der Waals surface area contributed by atoms with Crippen LogP contribution in [0.2, 0.25) is 0 Å². The van der Waals surface area contributed by atoms with Gasteiger partial charge in [-0.2, -0.15) is 0 Å². The zero-order valence-corrected chi connectivity index (χ0v) is 9.47. The molecule has 0 fully saturated rings. The van der Waals surface area contributed by atoms with E-state index in [2.05, 4.69) is 4.42 Å². The smallest absolute Gasteiger partial charge is 0.372 e. The van der Waals surface area contributed by atoms with E-state index in [4.69, 9.17) is 14.6 Å². The lowest BCUT2D eigenvalue weighted by atomic mass is 10.2. The molecular weight excluding hydrogens is 228 g/mol. The van der Waals surface area contributed by atoms with Crippen molar-refractivity contribution >= 4 is 11.9 Å². The Bertz CT molecular complexity index is 381. The van der Waals surface area contributed by atoms with Crippen LogP contribution in [-0.2, 0) is 9.47 Å². The first-order chi connectivity index (χ1) is 8.16. The van der Waals surface area contributed by atoms with Gasteiger partial charge < -0.3 is 19.0 Å². The lowest BCUT2D eigenvalue weighted by Crippen LogP contribution is -2.10. The molecule has 0 spiro atoms. The van der Waals surface area contributed by atoms with Crippen LogP contribution < -0.4 is 0 Å². The maximum absolute atomic E-state index is 11.5. The third-order valence-corrected chi connectivity index (χ3v) is 2.06. The fourth-order valence-corrected chi connectivity index (χ4v) is 1.23. The predicted octanol–water partition coefficient (Wildman–Crippen LogP) is 1.56. The van der Waals surface area contributed by atoms with E-state index in [1.54, 1.807) is 7.11 Å². The minimum absolute atomic E-state index is 0.0655. The lowest BCUT2D eigenvalue weighted by molar-refractivity contribution is 0.0474. The first kappa shape index (κ1) is 13.2. The van der Waals surface area contributed by atoms with Crippen LogP contribution in [0.5, 0.6) is 0 Å². The largest absolute Gasteiger partial charge is 0.475 e. The highest BCUT2D eigenvalue weighted by atomic mass is 16.5. The minimum Gasteiger partial charge on any atom is -0.475 e. The maximum atomic E-state index is 11.5. The monoisotopic (exact) mass is 242 g/mol. The summed E-state index contributed by atoms with van der Waals surface area (Å²) in [5.74, 6) is -2.37. The molecule has 0 unspecified atom stereocenters.